The van der Waals surface area contributed by atoms with Crippen molar-refractivity contribution < 1.29 is 14.7 Å². The van der Waals surface area contributed by atoms with E-state index in [0.717, 1.165) is 25.7 Å². The molecule has 21 heavy (non-hydrogen) atoms. The lowest BCUT2D eigenvalue weighted by Crippen LogP contribution is -2.47. The van der Waals surface area contributed by atoms with E-state index in [1.165, 1.54) is 0 Å². The summed E-state index contributed by atoms with van der Waals surface area (Å²) in [7, 11) is 0. The van der Waals surface area contributed by atoms with E-state index in [9.17, 15) is 14.7 Å². The maximum absolute atomic E-state index is 12.6. The number of fused-ring (bicyclic) bond motifs is 1. The number of carbonyl (C=O) groups is 2. The number of aromatic nitrogens is 3. The molecule has 2 aliphatic rings. The molecule has 3 atom stereocenters. The van der Waals surface area contributed by atoms with Gasteiger partial charge in [0.05, 0.1) is 6.42 Å². The second-order valence-electron chi connectivity index (χ2n) is 6.02. The quantitative estimate of drug-likeness (QED) is 0.862. The Labute approximate surface area is 122 Å². The van der Waals surface area contributed by atoms with Crippen LogP contribution in [0.4, 0.5) is 0 Å². The third-order valence-corrected chi connectivity index (χ3v) is 4.61. The molecule has 0 radical (unpaired) electrons. The van der Waals surface area contributed by atoms with Gasteiger partial charge in [-0.3, -0.25) is 9.89 Å². The van der Waals surface area contributed by atoms with Crippen LogP contribution >= 0.6 is 0 Å². The van der Waals surface area contributed by atoms with Crippen molar-refractivity contribution in [2.75, 3.05) is 0 Å². The molecular formula is C14H20N4O3. The molecule has 1 amide bonds. The maximum Gasteiger partial charge on any atom is 0.326 e. The van der Waals surface area contributed by atoms with Gasteiger partial charge in [-0.05, 0) is 32.1 Å². The average Bonchev–Trinajstić information content (AvgIpc) is 3.02. The molecule has 1 aromatic rings. The first kappa shape index (κ1) is 14.0. The minimum atomic E-state index is -0.899. The Bertz CT molecular complexity index is 556. The summed E-state index contributed by atoms with van der Waals surface area (Å²) in [6.07, 6.45) is 4.79. The van der Waals surface area contributed by atoms with Crippen LogP contribution in [0.2, 0.25) is 0 Å². The summed E-state index contributed by atoms with van der Waals surface area (Å²) >= 11 is 0. The van der Waals surface area contributed by atoms with Crippen molar-refractivity contribution in [2.45, 2.75) is 57.5 Å². The molecule has 1 saturated heterocycles. The Balaban J connectivity index is 1.79. The highest BCUT2D eigenvalue weighted by atomic mass is 16.4. The molecule has 0 bridgehead atoms. The predicted molar refractivity (Wildman–Crippen MR) is 73.5 cm³/mol. The Morgan fingerprint density at radius 1 is 1.38 bits per heavy atom. The molecule has 1 aliphatic heterocycles. The van der Waals surface area contributed by atoms with Crippen LogP contribution in [0.5, 0.6) is 0 Å². The summed E-state index contributed by atoms with van der Waals surface area (Å²) in [5, 5.41) is 16.1. The van der Waals surface area contributed by atoms with Gasteiger partial charge in [0, 0.05) is 6.04 Å². The first-order valence-corrected chi connectivity index (χ1v) is 7.48. The highest BCUT2D eigenvalue weighted by Gasteiger charge is 2.47. The van der Waals surface area contributed by atoms with Crippen molar-refractivity contribution in [2.24, 2.45) is 5.92 Å². The Morgan fingerprint density at radius 2 is 2.14 bits per heavy atom. The first-order valence-electron chi connectivity index (χ1n) is 7.48. The second-order valence-corrected chi connectivity index (χ2v) is 6.02. The second kappa shape index (κ2) is 5.46. The van der Waals surface area contributed by atoms with E-state index in [1.807, 2.05) is 0 Å². The van der Waals surface area contributed by atoms with Crippen molar-refractivity contribution in [3.8, 4) is 0 Å². The van der Waals surface area contributed by atoms with Gasteiger partial charge in [-0.25, -0.2) is 9.78 Å². The zero-order valence-corrected chi connectivity index (χ0v) is 12.1. The van der Waals surface area contributed by atoms with Crippen LogP contribution in [-0.2, 0) is 16.0 Å². The van der Waals surface area contributed by atoms with Gasteiger partial charge < -0.3 is 10.0 Å². The zero-order chi connectivity index (χ0) is 15.0. The molecule has 2 fully saturated rings. The highest BCUT2D eigenvalue weighted by Crippen LogP contribution is 2.40. The Kier molecular flexibility index (Phi) is 3.65. The Hall–Kier alpha value is -1.92. The van der Waals surface area contributed by atoms with Gasteiger partial charge in [-0.1, -0.05) is 12.8 Å². The summed E-state index contributed by atoms with van der Waals surface area (Å²) < 4.78 is 0. The third kappa shape index (κ3) is 2.64. The van der Waals surface area contributed by atoms with E-state index in [0.29, 0.717) is 24.0 Å². The fourth-order valence-electron chi connectivity index (χ4n) is 3.73. The van der Waals surface area contributed by atoms with Crippen LogP contribution in [0.1, 0.15) is 43.8 Å². The zero-order valence-electron chi connectivity index (χ0n) is 12.1. The number of amides is 1. The number of carbonyl (C=O) groups excluding carboxylic acids is 1. The van der Waals surface area contributed by atoms with Crippen LogP contribution in [0, 0.1) is 12.8 Å². The van der Waals surface area contributed by atoms with Crippen molar-refractivity contribution >= 4 is 11.9 Å². The predicted octanol–water partition coefficient (Wildman–Crippen LogP) is 0.900. The number of nitrogens with one attached hydrogen (secondary N) is 1. The van der Waals surface area contributed by atoms with Gasteiger partial charge >= 0.3 is 5.97 Å². The smallest absolute Gasteiger partial charge is 0.326 e. The molecule has 1 aromatic heterocycles. The van der Waals surface area contributed by atoms with Gasteiger partial charge in [0.15, 0.2) is 5.82 Å². The number of hydrogen-bond acceptors (Lipinski definition) is 4. The normalized spacial score (nSPS) is 28.4. The third-order valence-electron chi connectivity index (χ3n) is 4.61. The summed E-state index contributed by atoms with van der Waals surface area (Å²) in [6.45, 7) is 1.77. The van der Waals surface area contributed by atoms with Gasteiger partial charge in [0.25, 0.3) is 0 Å². The maximum atomic E-state index is 12.6. The molecule has 0 spiro atoms. The lowest BCUT2D eigenvalue weighted by atomic mass is 9.84. The van der Waals surface area contributed by atoms with E-state index in [-0.39, 0.29) is 18.4 Å². The van der Waals surface area contributed by atoms with E-state index in [2.05, 4.69) is 15.2 Å². The SMILES string of the molecule is Cc1nc(CC(=O)N2[C@H](C(=O)O)C[C@H]3CCCC[C@@H]32)n[nH]1. The lowest BCUT2D eigenvalue weighted by Gasteiger charge is -2.32. The summed E-state index contributed by atoms with van der Waals surface area (Å²) in [5.74, 6) is 0.350. The van der Waals surface area contributed by atoms with Gasteiger partial charge in [-0.2, -0.15) is 5.10 Å². The van der Waals surface area contributed by atoms with Crippen LogP contribution in [-0.4, -0.2) is 49.1 Å². The number of hydrogen-bond donors (Lipinski definition) is 2. The highest BCUT2D eigenvalue weighted by molar-refractivity contribution is 5.85. The molecule has 7 heteroatoms. The molecule has 2 N–H and O–H groups in total. The number of carboxylic acid groups (broad SMARTS) is 1. The number of nitrogens with zero attached hydrogens (tertiary/aromatic N) is 3. The minimum absolute atomic E-state index is 0.0668. The molecule has 1 aliphatic carbocycles. The monoisotopic (exact) mass is 292 g/mol. The molecule has 0 unspecified atom stereocenters. The van der Waals surface area contributed by atoms with Gasteiger partial charge in [0.1, 0.15) is 11.9 Å². The van der Waals surface area contributed by atoms with E-state index in [1.54, 1.807) is 11.8 Å². The molecule has 2 heterocycles. The van der Waals surface area contributed by atoms with Gasteiger partial charge in [0.2, 0.25) is 5.91 Å². The summed E-state index contributed by atoms with van der Waals surface area (Å²) in [5.41, 5.74) is 0. The number of aryl methyl sites for hydroxylation is 1. The van der Waals surface area contributed by atoms with Crippen LogP contribution in [0.3, 0.4) is 0 Å². The van der Waals surface area contributed by atoms with E-state index < -0.39 is 12.0 Å². The van der Waals surface area contributed by atoms with Crippen molar-refractivity contribution in [1.29, 1.82) is 0 Å². The molecule has 7 nitrogen and oxygen atoms in total. The van der Waals surface area contributed by atoms with Crippen molar-refractivity contribution in [1.82, 2.24) is 20.1 Å². The summed E-state index contributed by atoms with van der Waals surface area (Å²) in [4.78, 5) is 29.8. The van der Waals surface area contributed by atoms with Crippen molar-refractivity contribution in [3.63, 3.8) is 0 Å². The lowest BCUT2D eigenvalue weighted by molar-refractivity contribution is -0.149. The molecule has 0 aromatic carbocycles. The topological polar surface area (TPSA) is 99.2 Å². The number of aliphatic carboxylic acids is 1. The van der Waals surface area contributed by atoms with Crippen LogP contribution in [0.25, 0.3) is 0 Å². The standard InChI is InChI=1S/C14H20N4O3/c1-8-15-12(17-16-8)7-13(19)18-10-5-3-2-4-9(10)6-11(18)14(20)21/h9-11H,2-7H2,1H3,(H,20,21)(H,15,16,17)/t9-,10+,11+/m1/s1. The van der Waals surface area contributed by atoms with Crippen LogP contribution in [0.15, 0.2) is 0 Å². The van der Waals surface area contributed by atoms with E-state index >= 15 is 0 Å². The number of aromatic amines is 1. The van der Waals surface area contributed by atoms with Crippen molar-refractivity contribution in [3.05, 3.63) is 11.6 Å². The van der Waals surface area contributed by atoms with Crippen LogP contribution < -0.4 is 0 Å². The number of carboxylic acids is 1. The molecular weight excluding hydrogens is 272 g/mol. The number of likely N-dealkylation sites (tertiary alicyclic amines) is 1. The molecule has 114 valence electrons. The molecule has 1 saturated carbocycles. The largest absolute Gasteiger partial charge is 0.480 e. The first-order chi connectivity index (χ1) is 10.1. The van der Waals surface area contributed by atoms with E-state index in [4.69, 9.17) is 0 Å². The average molecular weight is 292 g/mol. The minimum Gasteiger partial charge on any atom is -0.480 e. The van der Waals surface area contributed by atoms with Gasteiger partial charge in [-0.15, -0.1) is 0 Å². The summed E-state index contributed by atoms with van der Waals surface area (Å²) in [6, 6.07) is -0.613. The number of H-pyrrole nitrogens is 1. The molecule has 3 rings (SSSR count). The fraction of sp³-hybridized carbons (Fsp3) is 0.714. The fourth-order valence-corrected chi connectivity index (χ4v) is 3.73. The Morgan fingerprint density at radius 3 is 2.81 bits per heavy atom. The number of rotatable bonds is 3.